The number of hydrogen-bond donors (Lipinski definition) is 2. The monoisotopic (exact) mass is 404 g/mol. The SMILES string of the molecule is COc1ccc(-c2nc(Nc3cccc(Cl)c3)sc2CC(=O)O)cc1OC. The van der Waals surface area contributed by atoms with Crippen molar-refractivity contribution in [2.75, 3.05) is 19.5 Å². The number of benzene rings is 2. The van der Waals surface area contributed by atoms with Crippen molar-refractivity contribution in [3.05, 3.63) is 52.4 Å². The minimum Gasteiger partial charge on any atom is -0.493 e. The third kappa shape index (κ3) is 4.50. The van der Waals surface area contributed by atoms with Gasteiger partial charge in [-0.3, -0.25) is 4.79 Å². The first-order valence-electron chi connectivity index (χ1n) is 7.96. The van der Waals surface area contributed by atoms with Gasteiger partial charge in [0.25, 0.3) is 0 Å². The number of carbonyl (C=O) groups is 1. The Morgan fingerprint density at radius 3 is 2.63 bits per heavy atom. The lowest BCUT2D eigenvalue weighted by molar-refractivity contribution is -0.136. The van der Waals surface area contributed by atoms with Gasteiger partial charge in [-0.2, -0.15) is 0 Å². The molecule has 0 saturated carbocycles. The molecule has 3 aromatic rings. The summed E-state index contributed by atoms with van der Waals surface area (Å²) in [6.45, 7) is 0. The Bertz CT molecular complexity index is 974. The van der Waals surface area contributed by atoms with Gasteiger partial charge in [0, 0.05) is 21.2 Å². The number of aliphatic carboxylic acids is 1. The second-order valence-electron chi connectivity index (χ2n) is 5.57. The lowest BCUT2D eigenvalue weighted by Crippen LogP contribution is -1.99. The zero-order chi connectivity index (χ0) is 19.4. The maximum atomic E-state index is 11.3. The van der Waals surface area contributed by atoms with Gasteiger partial charge in [0.05, 0.1) is 26.3 Å². The number of carboxylic acids is 1. The highest BCUT2D eigenvalue weighted by atomic mass is 35.5. The van der Waals surface area contributed by atoms with Crippen molar-refractivity contribution < 1.29 is 19.4 Å². The average Bonchev–Trinajstić information content (AvgIpc) is 3.02. The molecule has 0 radical (unpaired) electrons. The number of aromatic nitrogens is 1. The van der Waals surface area contributed by atoms with E-state index in [0.29, 0.717) is 32.2 Å². The van der Waals surface area contributed by atoms with Crippen molar-refractivity contribution in [1.29, 1.82) is 0 Å². The van der Waals surface area contributed by atoms with Crippen LogP contribution in [-0.4, -0.2) is 30.3 Å². The topological polar surface area (TPSA) is 80.7 Å². The lowest BCUT2D eigenvalue weighted by atomic mass is 10.1. The van der Waals surface area contributed by atoms with E-state index in [-0.39, 0.29) is 6.42 Å². The first-order valence-corrected chi connectivity index (χ1v) is 9.16. The largest absolute Gasteiger partial charge is 0.493 e. The van der Waals surface area contributed by atoms with Crippen molar-refractivity contribution in [1.82, 2.24) is 4.98 Å². The number of nitrogens with zero attached hydrogens (tertiary/aromatic N) is 1. The van der Waals surface area contributed by atoms with E-state index in [2.05, 4.69) is 10.3 Å². The summed E-state index contributed by atoms with van der Waals surface area (Å²) >= 11 is 7.30. The molecule has 0 bridgehead atoms. The fourth-order valence-corrected chi connectivity index (χ4v) is 3.75. The number of ether oxygens (including phenoxy) is 2. The Balaban J connectivity index is 2.00. The number of anilines is 2. The molecule has 8 heteroatoms. The van der Waals surface area contributed by atoms with Gasteiger partial charge in [-0.15, -0.1) is 11.3 Å². The predicted molar refractivity (Wildman–Crippen MR) is 107 cm³/mol. The molecular formula is C19H17ClN2O4S. The van der Waals surface area contributed by atoms with Gasteiger partial charge in [0.15, 0.2) is 16.6 Å². The van der Waals surface area contributed by atoms with E-state index < -0.39 is 5.97 Å². The van der Waals surface area contributed by atoms with Crippen LogP contribution in [-0.2, 0) is 11.2 Å². The summed E-state index contributed by atoms with van der Waals surface area (Å²) in [6, 6.07) is 12.6. The Labute approximate surface area is 165 Å². The van der Waals surface area contributed by atoms with Crippen LogP contribution in [0.5, 0.6) is 11.5 Å². The van der Waals surface area contributed by atoms with Gasteiger partial charge in [0.1, 0.15) is 0 Å². The van der Waals surface area contributed by atoms with Gasteiger partial charge in [-0.25, -0.2) is 4.98 Å². The first kappa shape index (κ1) is 19.0. The molecule has 0 atom stereocenters. The van der Waals surface area contributed by atoms with Crippen LogP contribution < -0.4 is 14.8 Å². The van der Waals surface area contributed by atoms with E-state index in [9.17, 15) is 9.90 Å². The third-order valence-corrected chi connectivity index (χ3v) is 4.95. The number of nitrogens with one attached hydrogen (secondary N) is 1. The number of halogens is 1. The molecule has 3 rings (SSSR count). The normalized spacial score (nSPS) is 10.5. The molecule has 1 heterocycles. The molecule has 6 nitrogen and oxygen atoms in total. The summed E-state index contributed by atoms with van der Waals surface area (Å²) in [5.74, 6) is 0.219. The van der Waals surface area contributed by atoms with Crippen molar-refractivity contribution >= 4 is 39.7 Å². The van der Waals surface area contributed by atoms with E-state index in [0.717, 1.165) is 11.3 Å². The Kier molecular flexibility index (Phi) is 5.83. The van der Waals surface area contributed by atoms with Crippen LogP contribution in [0.2, 0.25) is 5.02 Å². The van der Waals surface area contributed by atoms with E-state index in [1.165, 1.54) is 11.3 Å². The van der Waals surface area contributed by atoms with E-state index in [1.807, 2.05) is 18.2 Å². The van der Waals surface area contributed by atoms with Gasteiger partial charge in [-0.1, -0.05) is 17.7 Å². The van der Waals surface area contributed by atoms with Crippen LogP contribution in [0.4, 0.5) is 10.8 Å². The molecule has 0 amide bonds. The molecule has 0 aliphatic carbocycles. The second kappa shape index (κ2) is 8.28. The van der Waals surface area contributed by atoms with Gasteiger partial charge in [-0.05, 0) is 36.4 Å². The minimum absolute atomic E-state index is 0.126. The molecule has 0 unspecified atom stereocenters. The van der Waals surface area contributed by atoms with Crippen molar-refractivity contribution in [3.8, 4) is 22.8 Å². The van der Waals surface area contributed by atoms with E-state index in [1.54, 1.807) is 38.5 Å². The maximum Gasteiger partial charge on any atom is 0.308 e. The summed E-state index contributed by atoms with van der Waals surface area (Å²) < 4.78 is 10.6. The molecule has 27 heavy (non-hydrogen) atoms. The molecule has 0 spiro atoms. The van der Waals surface area contributed by atoms with Gasteiger partial charge >= 0.3 is 5.97 Å². The highest BCUT2D eigenvalue weighted by Gasteiger charge is 2.18. The minimum atomic E-state index is -0.922. The second-order valence-corrected chi connectivity index (χ2v) is 7.09. The van der Waals surface area contributed by atoms with Crippen molar-refractivity contribution in [3.63, 3.8) is 0 Å². The van der Waals surface area contributed by atoms with Crippen LogP contribution in [0.25, 0.3) is 11.3 Å². The number of methoxy groups -OCH3 is 2. The Hall–Kier alpha value is -2.77. The van der Waals surface area contributed by atoms with E-state index >= 15 is 0 Å². The molecule has 0 saturated heterocycles. The zero-order valence-corrected chi connectivity index (χ0v) is 16.2. The Morgan fingerprint density at radius 2 is 1.96 bits per heavy atom. The van der Waals surface area contributed by atoms with Crippen LogP contribution in [0.3, 0.4) is 0 Å². The van der Waals surface area contributed by atoms with Crippen molar-refractivity contribution in [2.24, 2.45) is 0 Å². The molecular weight excluding hydrogens is 388 g/mol. The van der Waals surface area contributed by atoms with Gasteiger partial charge in [0.2, 0.25) is 0 Å². The van der Waals surface area contributed by atoms with Crippen LogP contribution in [0.15, 0.2) is 42.5 Å². The molecule has 140 valence electrons. The molecule has 0 fully saturated rings. The fourth-order valence-electron chi connectivity index (χ4n) is 2.56. The summed E-state index contributed by atoms with van der Waals surface area (Å²) in [4.78, 5) is 16.5. The van der Waals surface area contributed by atoms with Crippen LogP contribution in [0.1, 0.15) is 4.88 Å². The summed E-state index contributed by atoms with van der Waals surface area (Å²) in [6.07, 6.45) is -0.126. The Morgan fingerprint density at radius 1 is 1.19 bits per heavy atom. The lowest BCUT2D eigenvalue weighted by Gasteiger charge is -2.09. The van der Waals surface area contributed by atoms with Crippen LogP contribution in [0, 0.1) is 0 Å². The summed E-state index contributed by atoms with van der Waals surface area (Å²) in [5.41, 5.74) is 2.11. The summed E-state index contributed by atoms with van der Waals surface area (Å²) in [7, 11) is 3.11. The molecule has 2 aromatic carbocycles. The zero-order valence-electron chi connectivity index (χ0n) is 14.7. The smallest absolute Gasteiger partial charge is 0.308 e. The molecule has 0 aliphatic rings. The fraction of sp³-hybridized carbons (Fsp3) is 0.158. The predicted octanol–water partition coefficient (Wildman–Crippen LogP) is 4.85. The maximum absolute atomic E-state index is 11.3. The molecule has 0 aliphatic heterocycles. The van der Waals surface area contributed by atoms with Gasteiger partial charge < -0.3 is 19.9 Å². The number of carboxylic acid groups (broad SMARTS) is 1. The van der Waals surface area contributed by atoms with Crippen LogP contribution >= 0.6 is 22.9 Å². The number of thiazole rings is 1. The first-order chi connectivity index (χ1) is 13.0. The number of hydrogen-bond acceptors (Lipinski definition) is 6. The molecule has 1 aromatic heterocycles. The van der Waals surface area contributed by atoms with E-state index in [4.69, 9.17) is 21.1 Å². The van der Waals surface area contributed by atoms with Crippen molar-refractivity contribution in [2.45, 2.75) is 6.42 Å². The number of rotatable bonds is 7. The highest BCUT2D eigenvalue weighted by molar-refractivity contribution is 7.16. The quantitative estimate of drug-likeness (QED) is 0.585. The summed E-state index contributed by atoms with van der Waals surface area (Å²) in [5, 5.41) is 13.6. The average molecular weight is 405 g/mol. The molecule has 2 N–H and O–H groups in total. The highest BCUT2D eigenvalue weighted by Crippen LogP contribution is 2.37. The third-order valence-electron chi connectivity index (χ3n) is 3.74. The standard InChI is InChI=1S/C19H17ClN2O4S/c1-25-14-7-6-11(8-15(14)26-2)18-16(10-17(23)24)27-19(22-18)21-13-5-3-4-12(20)9-13/h3-9H,10H2,1-2H3,(H,21,22)(H,23,24).